The van der Waals surface area contributed by atoms with E-state index in [0.29, 0.717) is 37.2 Å². The van der Waals surface area contributed by atoms with Crippen LogP contribution in [-0.4, -0.2) is 87.9 Å². The molecule has 1 N–H and O–H groups in total. The van der Waals surface area contributed by atoms with E-state index in [0.717, 1.165) is 23.3 Å². The highest BCUT2D eigenvalue weighted by atomic mass is 32.1. The number of rotatable bonds is 7. The molecule has 4 unspecified atom stereocenters. The van der Waals surface area contributed by atoms with Gasteiger partial charge in [-0.1, -0.05) is 44.2 Å². The monoisotopic (exact) mass is 578 g/mol. The van der Waals surface area contributed by atoms with Crippen molar-refractivity contribution in [2.75, 3.05) is 19.6 Å². The van der Waals surface area contributed by atoms with Gasteiger partial charge in [0.25, 0.3) is 5.91 Å². The number of carbonyl (C=O) groups is 5. The van der Waals surface area contributed by atoms with Crippen LogP contribution in [0.1, 0.15) is 62.5 Å². The van der Waals surface area contributed by atoms with E-state index in [4.69, 9.17) is 0 Å². The quantitative estimate of drug-likeness (QED) is 0.543. The minimum atomic E-state index is -0.785. The third-order valence-electron chi connectivity index (χ3n) is 8.38. The number of ketones is 1. The third-order valence-corrected chi connectivity index (χ3v) is 9.51. The number of hydrogen-bond acceptors (Lipinski definition) is 6. The van der Waals surface area contributed by atoms with Gasteiger partial charge in [-0.2, -0.15) is 0 Å². The Morgan fingerprint density at radius 2 is 1.71 bits per heavy atom. The number of carbonyl (C=O) groups excluding carboxylic acids is 5. The molecule has 0 bridgehead atoms. The standard InChI is InChI=1S/C31H38N4O5S/c1-19(2)17-22(32-29(38)27-13-12-26(41-27)21-9-5-4-6-10-21)30(39)34-16-14-23-28(34)25(37)18-35(23)31(40)24-11-7-8-15-33(24)20(3)36/h4-6,9-10,12-13,19,22-24,28H,7-8,11,14-18H2,1-3H3,(H,32,38). The minimum Gasteiger partial charge on any atom is -0.340 e. The zero-order valence-electron chi connectivity index (χ0n) is 23.9. The summed E-state index contributed by atoms with van der Waals surface area (Å²) in [6.45, 7) is 6.28. The summed E-state index contributed by atoms with van der Waals surface area (Å²) in [4.78, 5) is 72.5. The number of piperidine rings is 1. The van der Waals surface area contributed by atoms with Gasteiger partial charge in [-0.3, -0.25) is 24.0 Å². The van der Waals surface area contributed by atoms with Crippen LogP contribution in [0.5, 0.6) is 0 Å². The fourth-order valence-electron chi connectivity index (χ4n) is 6.45. The van der Waals surface area contributed by atoms with Gasteiger partial charge in [0, 0.05) is 24.9 Å². The summed E-state index contributed by atoms with van der Waals surface area (Å²) >= 11 is 1.37. The number of benzene rings is 1. The smallest absolute Gasteiger partial charge is 0.262 e. The zero-order chi connectivity index (χ0) is 29.3. The van der Waals surface area contributed by atoms with Crippen molar-refractivity contribution in [2.24, 2.45) is 5.92 Å². The number of likely N-dealkylation sites (tertiary alicyclic amines) is 3. The molecule has 0 saturated carbocycles. The number of nitrogens with zero attached hydrogens (tertiary/aromatic N) is 3. The van der Waals surface area contributed by atoms with Crippen LogP contribution in [0.15, 0.2) is 42.5 Å². The highest BCUT2D eigenvalue weighted by Crippen LogP contribution is 2.33. The van der Waals surface area contributed by atoms with Crippen LogP contribution in [0, 0.1) is 5.92 Å². The van der Waals surface area contributed by atoms with Gasteiger partial charge in [0.15, 0.2) is 5.78 Å². The molecule has 0 radical (unpaired) electrons. The van der Waals surface area contributed by atoms with E-state index >= 15 is 0 Å². The number of Topliss-reactive ketones (excluding diaryl/α,β-unsaturated/α-hetero) is 1. The highest BCUT2D eigenvalue weighted by Gasteiger charge is 2.53. The maximum atomic E-state index is 13.9. The maximum absolute atomic E-state index is 13.9. The van der Waals surface area contributed by atoms with Crippen LogP contribution in [0.25, 0.3) is 10.4 Å². The fraction of sp³-hybridized carbons (Fsp3) is 0.516. The topological polar surface area (TPSA) is 107 Å². The van der Waals surface area contributed by atoms with Crippen LogP contribution in [0.4, 0.5) is 0 Å². The summed E-state index contributed by atoms with van der Waals surface area (Å²) in [7, 11) is 0. The number of amides is 4. The molecule has 4 atom stereocenters. The molecule has 3 fully saturated rings. The third kappa shape index (κ3) is 5.93. The summed E-state index contributed by atoms with van der Waals surface area (Å²) < 4.78 is 0. The van der Waals surface area contributed by atoms with Crippen LogP contribution in [0.3, 0.4) is 0 Å². The molecule has 0 spiro atoms. The van der Waals surface area contributed by atoms with Crippen LogP contribution in [0.2, 0.25) is 0 Å². The largest absolute Gasteiger partial charge is 0.340 e. The molecule has 218 valence electrons. The molecule has 1 aromatic carbocycles. The molecular weight excluding hydrogens is 540 g/mol. The van der Waals surface area contributed by atoms with E-state index in [2.05, 4.69) is 5.32 Å². The van der Waals surface area contributed by atoms with Crippen molar-refractivity contribution in [3.8, 4) is 10.4 Å². The Morgan fingerprint density at radius 3 is 2.41 bits per heavy atom. The molecule has 4 heterocycles. The Bertz CT molecular complexity index is 1320. The van der Waals surface area contributed by atoms with Gasteiger partial charge in [-0.05, 0) is 55.7 Å². The van der Waals surface area contributed by atoms with Crippen LogP contribution < -0.4 is 5.32 Å². The van der Waals surface area contributed by atoms with Gasteiger partial charge in [0.1, 0.15) is 18.1 Å². The SMILES string of the molecule is CC(=O)N1CCCCC1C(=O)N1CC(=O)C2C1CCN2C(=O)C(CC(C)C)NC(=O)c1ccc(-c2ccccc2)s1. The first-order chi connectivity index (χ1) is 19.7. The van der Waals surface area contributed by atoms with Crippen molar-refractivity contribution in [3.05, 3.63) is 47.3 Å². The number of nitrogens with one attached hydrogen (secondary N) is 1. The molecule has 3 saturated heterocycles. The Morgan fingerprint density at radius 1 is 0.951 bits per heavy atom. The highest BCUT2D eigenvalue weighted by molar-refractivity contribution is 7.17. The summed E-state index contributed by atoms with van der Waals surface area (Å²) in [5, 5.41) is 2.95. The normalized spacial score (nSPS) is 23.1. The van der Waals surface area contributed by atoms with Crippen molar-refractivity contribution in [3.63, 3.8) is 0 Å². The predicted molar refractivity (Wildman–Crippen MR) is 156 cm³/mol. The second-order valence-corrected chi connectivity index (χ2v) is 12.8. The van der Waals surface area contributed by atoms with Gasteiger partial charge < -0.3 is 20.0 Å². The van der Waals surface area contributed by atoms with Crippen molar-refractivity contribution in [1.82, 2.24) is 20.0 Å². The molecule has 0 aliphatic carbocycles. The Kier molecular flexibility index (Phi) is 8.58. The van der Waals surface area contributed by atoms with Gasteiger partial charge in [-0.25, -0.2) is 0 Å². The second kappa shape index (κ2) is 12.1. The first-order valence-electron chi connectivity index (χ1n) is 14.5. The summed E-state index contributed by atoms with van der Waals surface area (Å²) in [5.41, 5.74) is 1.02. The van der Waals surface area contributed by atoms with Gasteiger partial charge in [0.05, 0.1) is 17.5 Å². The lowest BCUT2D eigenvalue weighted by Crippen LogP contribution is -2.54. The van der Waals surface area contributed by atoms with Crippen molar-refractivity contribution < 1.29 is 24.0 Å². The molecule has 3 aliphatic rings. The van der Waals surface area contributed by atoms with Crippen molar-refractivity contribution >= 4 is 40.7 Å². The van der Waals surface area contributed by atoms with Gasteiger partial charge in [-0.15, -0.1) is 11.3 Å². The van der Waals surface area contributed by atoms with E-state index in [1.54, 1.807) is 20.8 Å². The Balaban J connectivity index is 1.30. The first-order valence-corrected chi connectivity index (χ1v) is 15.3. The minimum absolute atomic E-state index is 0.0567. The van der Waals surface area contributed by atoms with Gasteiger partial charge >= 0.3 is 0 Å². The first kappa shape index (κ1) is 29.0. The molecular formula is C31H38N4O5S. The number of thiophene rings is 1. The van der Waals surface area contributed by atoms with Gasteiger partial charge in [0.2, 0.25) is 17.7 Å². The summed E-state index contributed by atoms with van der Waals surface area (Å²) in [6.07, 6.45) is 3.23. The zero-order valence-corrected chi connectivity index (χ0v) is 24.7. The molecule has 3 aliphatic heterocycles. The van der Waals surface area contributed by atoms with E-state index in [-0.39, 0.29) is 41.9 Å². The van der Waals surface area contributed by atoms with E-state index in [1.165, 1.54) is 18.3 Å². The molecule has 1 aromatic heterocycles. The lowest BCUT2D eigenvalue weighted by atomic mass is 10.00. The van der Waals surface area contributed by atoms with Crippen LogP contribution >= 0.6 is 11.3 Å². The van der Waals surface area contributed by atoms with E-state index in [9.17, 15) is 24.0 Å². The molecule has 41 heavy (non-hydrogen) atoms. The predicted octanol–water partition coefficient (Wildman–Crippen LogP) is 3.34. The lowest BCUT2D eigenvalue weighted by molar-refractivity contribution is -0.147. The van der Waals surface area contributed by atoms with Crippen LogP contribution in [-0.2, 0) is 19.2 Å². The molecule has 5 rings (SSSR count). The Hall–Kier alpha value is -3.53. The lowest BCUT2D eigenvalue weighted by Gasteiger charge is -2.37. The second-order valence-electron chi connectivity index (χ2n) is 11.7. The average Bonchev–Trinajstić information content (AvgIpc) is 3.70. The summed E-state index contributed by atoms with van der Waals surface area (Å²) in [5.74, 6) is -0.976. The average molecular weight is 579 g/mol. The fourth-order valence-corrected chi connectivity index (χ4v) is 7.37. The van der Waals surface area contributed by atoms with E-state index in [1.807, 2.05) is 50.2 Å². The molecule has 9 nitrogen and oxygen atoms in total. The Labute approximate surface area is 244 Å². The molecule has 2 aromatic rings. The number of hydrogen-bond donors (Lipinski definition) is 1. The number of fused-ring (bicyclic) bond motifs is 1. The summed E-state index contributed by atoms with van der Waals surface area (Å²) in [6, 6.07) is 11.0. The molecule has 10 heteroatoms. The molecule has 4 amide bonds. The van der Waals surface area contributed by atoms with E-state index < -0.39 is 24.2 Å². The van der Waals surface area contributed by atoms with Crippen molar-refractivity contribution in [1.29, 1.82) is 0 Å². The maximum Gasteiger partial charge on any atom is 0.262 e. The van der Waals surface area contributed by atoms with Crippen molar-refractivity contribution in [2.45, 2.75) is 77.0 Å².